The molecule has 0 radical (unpaired) electrons. The number of nitrogens with zero attached hydrogens (tertiary/aromatic N) is 1. The summed E-state index contributed by atoms with van der Waals surface area (Å²) in [7, 11) is 0. The number of ether oxygens (including phenoxy) is 4. The zero-order valence-electron chi connectivity index (χ0n) is 25.0. The molecule has 0 saturated carbocycles. The van der Waals surface area contributed by atoms with Crippen LogP contribution in [0.4, 0.5) is 4.79 Å². The van der Waals surface area contributed by atoms with Crippen molar-refractivity contribution in [3.63, 3.8) is 0 Å². The number of rotatable bonds is 9. The fourth-order valence-corrected chi connectivity index (χ4v) is 5.25. The first-order valence-electron chi connectivity index (χ1n) is 14.8. The van der Waals surface area contributed by atoms with Crippen molar-refractivity contribution < 1.29 is 28.5 Å². The molecule has 1 aliphatic heterocycles. The van der Waals surface area contributed by atoms with Gasteiger partial charge in [0.15, 0.2) is 0 Å². The van der Waals surface area contributed by atoms with E-state index in [4.69, 9.17) is 18.9 Å². The molecule has 0 spiro atoms. The summed E-state index contributed by atoms with van der Waals surface area (Å²) >= 11 is 0. The van der Waals surface area contributed by atoms with E-state index in [2.05, 4.69) is 30.3 Å². The molecule has 224 valence electrons. The Labute approximate surface area is 253 Å². The van der Waals surface area contributed by atoms with Gasteiger partial charge in [0, 0.05) is 12.5 Å². The molecule has 5 rings (SSSR count). The second-order valence-corrected chi connectivity index (χ2v) is 11.8. The molecular formula is C36H39NO6. The van der Waals surface area contributed by atoms with Crippen LogP contribution in [0, 0.1) is 0 Å². The van der Waals surface area contributed by atoms with Crippen molar-refractivity contribution in [2.45, 2.75) is 51.4 Å². The predicted octanol–water partition coefficient (Wildman–Crippen LogP) is 7.39. The SMILES string of the molecule is CC(C)(C)OC(=O)N1CCC(c2ccc(OCCOC(=O)c3ccccc3)cc2)C(OCc2ccc3ccccc3c2)C1. The first-order valence-corrected chi connectivity index (χ1v) is 14.8. The highest BCUT2D eigenvalue weighted by Crippen LogP contribution is 2.33. The van der Waals surface area contributed by atoms with Crippen molar-refractivity contribution in [2.24, 2.45) is 0 Å². The summed E-state index contributed by atoms with van der Waals surface area (Å²) in [5.74, 6) is 0.423. The Balaban J connectivity index is 1.22. The lowest BCUT2D eigenvalue weighted by molar-refractivity contribution is -0.0359. The summed E-state index contributed by atoms with van der Waals surface area (Å²) in [5.41, 5.74) is 2.16. The molecule has 1 saturated heterocycles. The van der Waals surface area contributed by atoms with Crippen LogP contribution in [-0.4, -0.2) is 55.0 Å². The van der Waals surface area contributed by atoms with Gasteiger partial charge in [0.1, 0.15) is 24.6 Å². The summed E-state index contributed by atoms with van der Waals surface area (Å²) in [6.45, 7) is 7.51. The molecule has 7 heteroatoms. The van der Waals surface area contributed by atoms with Crippen LogP contribution in [0.2, 0.25) is 0 Å². The lowest BCUT2D eigenvalue weighted by Gasteiger charge is -2.39. The van der Waals surface area contributed by atoms with Gasteiger partial charge in [0.2, 0.25) is 0 Å². The lowest BCUT2D eigenvalue weighted by atomic mass is 9.87. The zero-order valence-corrected chi connectivity index (χ0v) is 25.0. The van der Waals surface area contributed by atoms with E-state index in [1.54, 1.807) is 29.2 Å². The Bertz CT molecular complexity index is 1510. The number of hydrogen-bond acceptors (Lipinski definition) is 6. The minimum absolute atomic E-state index is 0.0972. The quantitative estimate of drug-likeness (QED) is 0.152. The first-order chi connectivity index (χ1) is 20.7. The number of hydrogen-bond donors (Lipinski definition) is 0. The molecule has 4 aromatic carbocycles. The van der Waals surface area contributed by atoms with Crippen LogP contribution in [0.1, 0.15) is 54.6 Å². The fraction of sp³-hybridized carbons (Fsp3) is 0.333. The van der Waals surface area contributed by atoms with Crippen LogP contribution in [0.25, 0.3) is 10.8 Å². The third-order valence-electron chi connectivity index (χ3n) is 7.39. The van der Waals surface area contributed by atoms with E-state index in [1.165, 1.54) is 10.8 Å². The molecule has 1 heterocycles. The fourth-order valence-electron chi connectivity index (χ4n) is 5.25. The second kappa shape index (κ2) is 13.7. The Morgan fingerprint density at radius 3 is 2.30 bits per heavy atom. The number of amides is 1. The average molecular weight is 582 g/mol. The maximum atomic E-state index is 12.9. The minimum Gasteiger partial charge on any atom is -0.490 e. The molecule has 1 aliphatic rings. The molecule has 43 heavy (non-hydrogen) atoms. The van der Waals surface area contributed by atoms with Crippen molar-refractivity contribution in [3.05, 3.63) is 114 Å². The highest BCUT2D eigenvalue weighted by molar-refractivity contribution is 5.89. The van der Waals surface area contributed by atoms with Crippen molar-refractivity contribution >= 4 is 22.8 Å². The maximum Gasteiger partial charge on any atom is 0.410 e. The first kappa shape index (κ1) is 30.1. The van der Waals surface area contributed by atoms with Crippen molar-refractivity contribution in [1.82, 2.24) is 4.90 Å². The topological polar surface area (TPSA) is 74.3 Å². The van der Waals surface area contributed by atoms with Crippen LogP contribution < -0.4 is 4.74 Å². The molecule has 1 fully saturated rings. The summed E-state index contributed by atoms with van der Waals surface area (Å²) in [5, 5.41) is 2.36. The van der Waals surface area contributed by atoms with E-state index in [9.17, 15) is 9.59 Å². The lowest BCUT2D eigenvalue weighted by Crippen LogP contribution is -2.48. The van der Waals surface area contributed by atoms with Crippen LogP contribution in [-0.2, 0) is 20.8 Å². The van der Waals surface area contributed by atoms with Crippen molar-refractivity contribution in [1.29, 1.82) is 0 Å². The predicted molar refractivity (Wildman–Crippen MR) is 166 cm³/mol. The van der Waals surface area contributed by atoms with E-state index in [1.807, 2.05) is 63.2 Å². The summed E-state index contributed by atoms with van der Waals surface area (Å²) < 4.78 is 23.3. The number of fused-ring (bicyclic) bond motifs is 1. The molecular weight excluding hydrogens is 542 g/mol. The molecule has 7 nitrogen and oxygen atoms in total. The molecule has 2 unspecified atom stereocenters. The summed E-state index contributed by atoms with van der Waals surface area (Å²) in [6.07, 6.45) is 0.218. The van der Waals surface area contributed by atoms with E-state index >= 15 is 0 Å². The van der Waals surface area contributed by atoms with Gasteiger partial charge in [-0.1, -0.05) is 66.7 Å². The van der Waals surface area contributed by atoms with E-state index in [0.717, 1.165) is 17.5 Å². The van der Waals surface area contributed by atoms with Crippen molar-refractivity contribution in [2.75, 3.05) is 26.3 Å². The molecule has 4 aromatic rings. The largest absolute Gasteiger partial charge is 0.490 e. The van der Waals surface area contributed by atoms with E-state index in [-0.39, 0.29) is 37.3 Å². The normalized spacial score (nSPS) is 17.0. The standard InChI is InChI=1S/C36H39NO6/c1-36(2,3)43-35(39)37-20-19-32(33(24-37)42-25-26-13-14-27-9-7-8-12-30(27)23-26)28-15-17-31(18-16-28)40-21-22-41-34(38)29-10-5-4-6-11-29/h4-18,23,32-33H,19-22,24-25H2,1-3H3. The number of carbonyl (C=O) groups excluding carboxylic acids is 2. The van der Waals surface area contributed by atoms with Crippen LogP contribution >= 0.6 is 0 Å². The van der Waals surface area contributed by atoms with Gasteiger partial charge < -0.3 is 23.8 Å². The molecule has 0 aliphatic carbocycles. The molecule has 2 atom stereocenters. The van der Waals surface area contributed by atoms with Gasteiger partial charge in [0.05, 0.1) is 24.8 Å². The highest BCUT2D eigenvalue weighted by atomic mass is 16.6. The van der Waals surface area contributed by atoms with Gasteiger partial charge in [-0.3, -0.25) is 0 Å². The van der Waals surface area contributed by atoms with E-state index in [0.29, 0.717) is 31.0 Å². The molecule has 1 amide bonds. The zero-order chi connectivity index (χ0) is 30.2. The Kier molecular flexibility index (Phi) is 9.62. The Morgan fingerprint density at radius 1 is 0.837 bits per heavy atom. The molecule has 0 aromatic heterocycles. The summed E-state index contributed by atoms with van der Waals surface area (Å²) in [6, 6.07) is 31.5. The number of benzene rings is 4. The van der Waals surface area contributed by atoms with Crippen LogP contribution in [0.3, 0.4) is 0 Å². The summed E-state index contributed by atoms with van der Waals surface area (Å²) in [4.78, 5) is 26.8. The van der Waals surface area contributed by atoms with Gasteiger partial charge in [-0.05, 0) is 79.4 Å². The molecule has 0 N–H and O–H groups in total. The number of carbonyl (C=O) groups is 2. The van der Waals surface area contributed by atoms with E-state index < -0.39 is 5.60 Å². The van der Waals surface area contributed by atoms with Crippen LogP contribution in [0.15, 0.2) is 97.1 Å². The smallest absolute Gasteiger partial charge is 0.410 e. The number of likely N-dealkylation sites (tertiary alicyclic amines) is 1. The van der Waals surface area contributed by atoms with Gasteiger partial charge in [-0.2, -0.15) is 0 Å². The number of piperidine rings is 1. The van der Waals surface area contributed by atoms with Crippen LogP contribution in [0.5, 0.6) is 5.75 Å². The van der Waals surface area contributed by atoms with Gasteiger partial charge in [-0.15, -0.1) is 0 Å². The van der Waals surface area contributed by atoms with Gasteiger partial charge in [-0.25, -0.2) is 9.59 Å². The monoisotopic (exact) mass is 581 g/mol. The average Bonchev–Trinajstić information content (AvgIpc) is 3.01. The molecule has 0 bridgehead atoms. The Hall–Kier alpha value is -4.36. The van der Waals surface area contributed by atoms with Crippen molar-refractivity contribution in [3.8, 4) is 5.75 Å². The van der Waals surface area contributed by atoms with Gasteiger partial charge in [0.25, 0.3) is 0 Å². The number of esters is 1. The minimum atomic E-state index is -0.564. The third kappa shape index (κ3) is 8.36. The second-order valence-electron chi connectivity index (χ2n) is 11.8. The highest BCUT2D eigenvalue weighted by Gasteiger charge is 2.35. The maximum absolute atomic E-state index is 12.9. The van der Waals surface area contributed by atoms with Gasteiger partial charge >= 0.3 is 12.1 Å². The third-order valence-corrected chi connectivity index (χ3v) is 7.39. The Morgan fingerprint density at radius 2 is 1.56 bits per heavy atom.